The Morgan fingerprint density at radius 1 is 1.19 bits per heavy atom. The quantitative estimate of drug-likeness (QED) is 0.731. The second kappa shape index (κ2) is 8.62. The lowest BCUT2D eigenvalue weighted by molar-refractivity contribution is -0.690. The van der Waals surface area contributed by atoms with Gasteiger partial charge >= 0.3 is 0 Å². The molecular formula is C18H23ClN3O3S+. The fourth-order valence-corrected chi connectivity index (χ4v) is 4.21. The number of hydrogen-bond donors (Lipinski definition) is 1. The van der Waals surface area contributed by atoms with Gasteiger partial charge in [0.1, 0.15) is 0 Å². The number of benzene rings is 1. The number of rotatable bonds is 7. The first-order chi connectivity index (χ1) is 12.3. The highest BCUT2D eigenvalue weighted by Crippen LogP contribution is 2.27. The number of aromatic nitrogens is 1. The van der Waals surface area contributed by atoms with Crippen molar-refractivity contribution in [2.24, 2.45) is 0 Å². The maximum atomic E-state index is 12.6. The van der Waals surface area contributed by atoms with Gasteiger partial charge in [-0.3, -0.25) is 4.79 Å². The van der Waals surface area contributed by atoms with Crippen LogP contribution in [0.5, 0.6) is 0 Å². The molecule has 0 aliphatic heterocycles. The minimum absolute atomic E-state index is 0.101. The molecule has 1 aromatic heterocycles. The lowest BCUT2D eigenvalue weighted by Gasteiger charge is -2.19. The summed E-state index contributed by atoms with van der Waals surface area (Å²) in [7, 11) is -3.62. The monoisotopic (exact) mass is 396 g/mol. The molecular weight excluding hydrogens is 374 g/mol. The number of amides is 1. The molecule has 6 nitrogen and oxygen atoms in total. The molecule has 0 fully saturated rings. The zero-order chi connectivity index (χ0) is 19.3. The highest BCUT2D eigenvalue weighted by Gasteiger charge is 2.23. The topological polar surface area (TPSA) is 70.4 Å². The Morgan fingerprint density at radius 3 is 2.50 bits per heavy atom. The van der Waals surface area contributed by atoms with Crippen LogP contribution in [0.2, 0.25) is 5.02 Å². The zero-order valence-corrected chi connectivity index (χ0v) is 16.6. The minimum Gasteiger partial charge on any atom is -0.319 e. The second-order valence-corrected chi connectivity index (χ2v) is 8.09. The normalized spacial score (nSPS) is 11.6. The van der Waals surface area contributed by atoms with Crippen LogP contribution in [0.15, 0.2) is 47.5 Å². The van der Waals surface area contributed by atoms with Gasteiger partial charge in [0, 0.05) is 32.1 Å². The molecule has 0 unspecified atom stereocenters. The van der Waals surface area contributed by atoms with E-state index in [4.69, 9.17) is 11.6 Å². The van der Waals surface area contributed by atoms with Crippen LogP contribution >= 0.6 is 11.6 Å². The van der Waals surface area contributed by atoms with Crippen molar-refractivity contribution in [1.29, 1.82) is 0 Å². The summed E-state index contributed by atoms with van der Waals surface area (Å²) in [6.45, 7) is 6.30. The molecule has 8 heteroatoms. The Labute approximate surface area is 159 Å². The van der Waals surface area contributed by atoms with E-state index in [0.717, 1.165) is 5.69 Å². The molecule has 1 N–H and O–H groups in total. The van der Waals surface area contributed by atoms with Crippen molar-refractivity contribution >= 4 is 33.2 Å². The third-order valence-electron chi connectivity index (χ3n) is 4.04. The van der Waals surface area contributed by atoms with E-state index in [1.807, 2.05) is 25.1 Å². The predicted octanol–water partition coefficient (Wildman–Crippen LogP) is 2.61. The molecule has 26 heavy (non-hydrogen) atoms. The Bertz CT molecular complexity index is 896. The first kappa shape index (κ1) is 20.4. The van der Waals surface area contributed by atoms with Gasteiger partial charge in [-0.1, -0.05) is 31.5 Å². The van der Waals surface area contributed by atoms with Gasteiger partial charge in [0.25, 0.3) is 5.91 Å². The lowest BCUT2D eigenvalue weighted by Crippen LogP contribution is -2.42. The summed E-state index contributed by atoms with van der Waals surface area (Å²) in [5, 5.41) is 2.98. The minimum atomic E-state index is -3.62. The van der Waals surface area contributed by atoms with E-state index in [1.54, 1.807) is 24.6 Å². The van der Waals surface area contributed by atoms with Gasteiger partial charge in [-0.05, 0) is 18.2 Å². The van der Waals surface area contributed by atoms with Gasteiger partial charge in [0.05, 0.1) is 15.6 Å². The van der Waals surface area contributed by atoms with E-state index < -0.39 is 10.0 Å². The predicted molar refractivity (Wildman–Crippen MR) is 102 cm³/mol. The zero-order valence-electron chi connectivity index (χ0n) is 15.1. The molecule has 0 saturated carbocycles. The molecule has 2 rings (SSSR count). The molecule has 0 bridgehead atoms. The first-order valence-electron chi connectivity index (χ1n) is 8.34. The third kappa shape index (κ3) is 4.60. The number of halogens is 1. The number of hydrogen-bond acceptors (Lipinski definition) is 3. The van der Waals surface area contributed by atoms with Crippen LogP contribution in [-0.2, 0) is 21.4 Å². The van der Waals surface area contributed by atoms with Crippen molar-refractivity contribution < 1.29 is 17.8 Å². The van der Waals surface area contributed by atoms with E-state index in [0.29, 0.717) is 13.1 Å². The average Bonchev–Trinajstić information content (AvgIpc) is 2.59. The van der Waals surface area contributed by atoms with Crippen molar-refractivity contribution in [2.75, 3.05) is 18.4 Å². The Morgan fingerprint density at radius 2 is 1.88 bits per heavy atom. The molecule has 0 saturated heterocycles. The van der Waals surface area contributed by atoms with Gasteiger partial charge in [0.2, 0.25) is 16.6 Å². The lowest BCUT2D eigenvalue weighted by atomic mass is 10.3. The van der Waals surface area contributed by atoms with Gasteiger partial charge < -0.3 is 5.32 Å². The second-order valence-electron chi connectivity index (χ2n) is 5.75. The van der Waals surface area contributed by atoms with Crippen LogP contribution in [-0.4, -0.2) is 31.7 Å². The van der Waals surface area contributed by atoms with Gasteiger partial charge in [0.15, 0.2) is 11.9 Å². The molecule has 0 radical (unpaired) electrons. The molecule has 1 amide bonds. The van der Waals surface area contributed by atoms with Gasteiger partial charge in [-0.15, -0.1) is 0 Å². The first-order valence-corrected chi connectivity index (χ1v) is 10.2. The number of nitrogens with one attached hydrogen (secondary N) is 1. The molecule has 0 atom stereocenters. The van der Waals surface area contributed by atoms with Crippen molar-refractivity contribution in [1.82, 2.24) is 4.31 Å². The van der Waals surface area contributed by atoms with E-state index in [2.05, 4.69) is 5.32 Å². The molecule has 140 valence electrons. The van der Waals surface area contributed by atoms with Gasteiger partial charge in [-0.2, -0.15) is 8.87 Å². The fraction of sp³-hybridized carbons (Fsp3) is 0.333. The van der Waals surface area contributed by atoms with E-state index in [-0.39, 0.29) is 28.1 Å². The van der Waals surface area contributed by atoms with Crippen LogP contribution in [0, 0.1) is 6.92 Å². The standard InChI is InChI=1S/C18H22ClN3O3S/c1-4-22(5-2)26(24,25)15-9-10-16(19)17(12-15)20-18(23)13-21-11-7-6-8-14(21)3/h6-12H,4-5,13H2,1-3H3/p+1. The summed E-state index contributed by atoms with van der Waals surface area (Å²) in [5.41, 5.74) is 1.21. The summed E-state index contributed by atoms with van der Waals surface area (Å²) >= 11 is 6.14. The smallest absolute Gasteiger partial charge is 0.290 e. The van der Waals surface area contributed by atoms with E-state index in [9.17, 15) is 13.2 Å². The summed E-state index contributed by atoms with van der Waals surface area (Å²) < 4.78 is 28.4. The van der Waals surface area contributed by atoms with Crippen LogP contribution in [0.3, 0.4) is 0 Å². The van der Waals surface area contributed by atoms with Crippen LogP contribution in [0.4, 0.5) is 5.69 Å². The fourth-order valence-electron chi connectivity index (χ4n) is 2.56. The summed E-state index contributed by atoms with van der Waals surface area (Å²) in [6, 6.07) is 9.96. The van der Waals surface area contributed by atoms with E-state index >= 15 is 0 Å². The SMILES string of the molecule is CCN(CC)S(=O)(=O)c1ccc(Cl)c(NC(=O)C[n+]2ccccc2C)c1. The summed E-state index contributed by atoms with van der Waals surface area (Å²) in [5.74, 6) is -0.288. The maximum absolute atomic E-state index is 12.6. The number of anilines is 1. The highest BCUT2D eigenvalue weighted by atomic mass is 35.5. The molecule has 0 aliphatic rings. The Kier molecular flexibility index (Phi) is 6.75. The molecule has 2 aromatic rings. The van der Waals surface area contributed by atoms with Crippen molar-refractivity contribution in [3.05, 3.63) is 53.3 Å². The number of carbonyl (C=O) groups is 1. The Balaban J connectivity index is 2.25. The third-order valence-corrected chi connectivity index (χ3v) is 6.41. The van der Waals surface area contributed by atoms with Crippen LogP contribution in [0.1, 0.15) is 19.5 Å². The average molecular weight is 397 g/mol. The highest BCUT2D eigenvalue weighted by molar-refractivity contribution is 7.89. The maximum Gasteiger partial charge on any atom is 0.290 e. The van der Waals surface area contributed by atoms with Crippen LogP contribution in [0.25, 0.3) is 0 Å². The number of sulfonamides is 1. The van der Waals surface area contributed by atoms with Crippen molar-refractivity contribution in [3.63, 3.8) is 0 Å². The number of pyridine rings is 1. The molecule has 1 aromatic carbocycles. The molecule has 0 spiro atoms. The van der Waals surface area contributed by atoms with Crippen molar-refractivity contribution in [2.45, 2.75) is 32.2 Å². The molecule has 0 aliphatic carbocycles. The van der Waals surface area contributed by atoms with Gasteiger partial charge in [-0.25, -0.2) is 8.42 Å². The Hall–Kier alpha value is -1.96. The summed E-state index contributed by atoms with van der Waals surface area (Å²) in [6.07, 6.45) is 1.80. The summed E-state index contributed by atoms with van der Waals surface area (Å²) in [4.78, 5) is 12.4. The van der Waals surface area contributed by atoms with Crippen molar-refractivity contribution in [3.8, 4) is 0 Å². The number of nitrogens with zero attached hydrogens (tertiary/aromatic N) is 2. The number of carbonyl (C=O) groups excluding carboxylic acids is 1. The van der Waals surface area contributed by atoms with Crippen LogP contribution < -0.4 is 9.88 Å². The number of aryl methyl sites for hydroxylation is 1. The largest absolute Gasteiger partial charge is 0.319 e. The molecule has 1 heterocycles. The van der Waals surface area contributed by atoms with E-state index in [1.165, 1.54) is 22.5 Å².